The molecule has 9 nitrogen and oxygen atoms in total. The molecule has 0 N–H and O–H groups in total. The molecule has 1 aromatic heterocycles. The van der Waals surface area contributed by atoms with Crippen LogP contribution in [0.15, 0.2) is 28.4 Å². The number of rotatable bonds is 6. The second kappa shape index (κ2) is 8.39. The largest absolute Gasteiger partial charge is 0.407 e. The first-order chi connectivity index (χ1) is 14.2. The van der Waals surface area contributed by atoms with Crippen LogP contribution in [0.3, 0.4) is 0 Å². The van der Waals surface area contributed by atoms with Gasteiger partial charge in [-0.05, 0) is 31.5 Å². The number of esters is 1. The highest BCUT2D eigenvalue weighted by Gasteiger charge is 2.32. The average Bonchev–Trinajstić information content (AvgIpc) is 3.12. The molecular weight excluding hydrogens is 410 g/mol. The molecule has 1 aromatic carbocycles. The van der Waals surface area contributed by atoms with Crippen molar-refractivity contribution in [2.75, 3.05) is 12.9 Å². The van der Waals surface area contributed by atoms with Crippen LogP contribution in [-0.2, 0) is 26.0 Å². The number of ketones is 1. The molecule has 0 atom stereocenters. The van der Waals surface area contributed by atoms with Gasteiger partial charge in [-0.25, -0.2) is 13.1 Å². The van der Waals surface area contributed by atoms with Gasteiger partial charge in [0, 0.05) is 30.5 Å². The van der Waals surface area contributed by atoms with Crippen LogP contribution < -0.4 is 4.74 Å². The first kappa shape index (κ1) is 21.7. The van der Waals surface area contributed by atoms with E-state index in [1.54, 1.807) is 13.8 Å². The van der Waals surface area contributed by atoms with Gasteiger partial charge in [-0.15, -0.1) is 0 Å². The first-order valence-electron chi connectivity index (χ1n) is 9.53. The number of aryl methyl sites for hydroxylation is 1. The van der Waals surface area contributed by atoms with Crippen molar-refractivity contribution >= 4 is 27.3 Å². The number of carbonyl (C=O) groups is 2. The van der Waals surface area contributed by atoms with E-state index in [1.807, 2.05) is 6.92 Å². The van der Waals surface area contributed by atoms with Crippen LogP contribution in [0.1, 0.15) is 53.7 Å². The number of sulfone groups is 1. The fourth-order valence-corrected chi connectivity index (χ4v) is 4.95. The van der Waals surface area contributed by atoms with Crippen LogP contribution in [0.4, 0.5) is 0 Å². The number of hydrogen-bond acceptors (Lipinski definition) is 8. The molecule has 10 heteroatoms. The van der Waals surface area contributed by atoms with E-state index in [9.17, 15) is 18.0 Å². The van der Waals surface area contributed by atoms with E-state index in [1.165, 1.54) is 30.1 Å². The second-order valence-electron chi connectivity index (χ2n) is 6.74. The third-order valence-corrected chi connectivity index (χ3v) is 6.69. The highest BCUT2D eigenvalue weighted by Crippen LogP contribution is 2.32. The summed E-state index contributed by atoms with van der Waals surface area (Å²) in [6.07, 6.45) is 1.69. The molecule has 0 spiro atoms. The van der Waals surface area contributed by atoms with E-state index in [2.05, 4.69) is 10.3 Å². The summed E-state index contributed by atoms with van der Waals surface area (Å²) in [5.74, 6) is -0.907. The first-order valence-corrected chi connectivity index (χ1v) is 11.2. The zero-order valence-corrected chi connectivity index (χ0v) is 18.1. The number of aromatic nitrogens is 2. The Hall–Kier alpha value is -3.01. The smallest absolute Gasteiger partial charge is 0.312 e. The van der Waals surface area contributed by atoms with Crippen molar-refractivity contribution in [3.05, 3.63) is 40.6 Å². The number of benzene rings is 1. The molecule has 30 heavy (non-hydrogen) atoms. The molecule has 2 heterocycles. The van der Waals surface area contributed by atoms with Crippen LogP contribution in [0.25, 0.3) is 0 Å². The molecule has 0 amide bonds. The van der Waals surface area contributed by atoms with Gasteiger partial charge < -0.3 is 9.57 Å². The molecule has 0 bridgehead atoms. The molecule has 0 fully saturated rings. The third-order valence-electron chi connectivity index (χ3n) is 4.94. The fourth-order valence-electron chi connectivity index (χ4n) is 3.41. The van der Waals surface area contributed by atoms with E-state index in [0.29, 0.717) is 23.4 Å². The Kier molecular flexibility index (Phi) is 6.06. The van der Waals surface area contributed by atoms with Crippen molar-refractivity contribution in [3.8, 4) is 5.88 Å². The van der Waals surface area contributed by atoms with Gasteiger partial charge in [0.1, 0.15) is 12.7 Å². The lowest BCUT2D eigenvalue weighted by Crippen LogP contribution is -2.24. The molecule has 2 aromatic rings. The highest BCUT2D eigenvalue weighted by atomic mass is 32.2. The van der Waals surface area contributed by atoms with Gasteiger partial charge in [-0.1, -0.05) is 12.1 Å². The summed E-state index contributed by atoms with van der Waals surface area (Å²) in [4.78, 5) is 30.2. The van der Waals surface area contributed by atoms with Crippen molar-refractivity contribution in [3.63, 3.8) is 0 Å². The Balaban J connectivity index is 2.16. The Morgan fingerprint density at radius 3 is 2.60 bits per heavy atom. The van der Waals surface area contributed by atoms with Gasteiger partial charge in [-0.2, -0.15) is 5.10 Å². The Morgan fingerprint density at radius 1 is 1.23 bits per heavy atom. The molecule has 160 valence electrons. The summed E-state index contributed by atoms with van der Waals surface area (Å²) in [7, 11) is -2.10. The summed E-state index contributed by atoms with van der Waals surface area (Å²) in [6, 6.07) is 2.88. The van der Waals surface area contributed by atoms with E-state index in [4.69, 9.17) is 9.57 Å². The molecule has 0 radical (unpaired) electrons. The summed E-state index contributed by atoms with van der Waals surface area (Å²) in [6.45, 7) is 5.54. The molecule has 3 rings (SSSR count). The lowest BCUT2D eigenvalue weighted by Gasteiger charge is -2.21. The SMILES string of the molecule is CCC(=O)Oc1c(C(=O)c2ccc3c(c2C)C(=NOC)CCS3(=O)=O)cnn1CC. The summed E-state index contributed by atoms with van der Waals surface area (Å²) in [5.41, 5.74) is 1.72. The highest BCUT2D eigenvalue weighted by molar-refractivity contribution is 7.91. The predicted octanol–water partition coefficient (Wildman–Crippen LogP) is 2.29. The van der Waals surface area contributed by atoms with Gasteiger partial charge in [0.15, 0.2) is 15.6 Å². The average molecular weight is 433 g/mol. The third kappa shape index (κ3) is 3.74. The van der Waals surface area contributed by atoms with E-state index in [0.717, 1.165) is 0 Å². The van der Waals surface area contributed by atoms with E-state index < -0.39 is 21.6 Å². The van der Waals surface area contributed by atoms with Crippen LogP contribution >= 0.6 is 0 Å². The quantitative estimate of drug-likeness (QED) is 0.390. The Morgan fingerprint density at radius 2 is 1.97 bits per heavy atom. The number of ether oxygens (including phenoxy) is 1. The molecular formula is C20H23N3O6S. The maximum absolute atomic E-state index is 13.3. The number of fused-ring (bicyclic) bond motifs is 1. The van der Waals surface area contributed by atoms with Crippen LogP contribution in [0.5, 0.6) is 5.88 Å². The molecule has 1 aliphatic heterocycles. The van der Waals surface area contributed by atoms with E-state index >= 15 is 0 Å². The molecule has 0 aliphatic carbocycles. The predicted molar refractivity (Wildman–Crippen MR) is 109 cm³/mol. The fraction of sp³-hybridized carbons (Fsp3) is 0.400. The van der Waals surface area contributed by atoms with Crippen molar-refractivity contribution in [1.29, 1.82) is 0 Å². The maximum Gasteiger partial charge on any atom is 0.312 e. The number of nitrogens with zero attached hydrogens (tertiary/aromatic N) is 3. The Labute approximate surface area is 174 Å². The number of hydrogen-bond donors (Lipinski definition) is 0. The van der Waals surface area contributed by atoms with Gasteiger partial charge in [0.05, 0.1) is 22.6 Å². The van der Waals surface area contributed by atoms with Gasteiger partial charge in [0.2, 0.25) is 5.88 Å². The normalized spacial score (nSPS) is 16.2. The second-order valence-corrected chi connectivity index (χ2v) is 8.81. The van der Waals surface area contributed by atoms with Crippen molar-refractivity contribution in [2.24, 2.45) is 5.16 Å². The zero-order valence-electron chi connectivity index (χ0n) is 17.3. The minimum absolute atomic E-state index is 0.0740. The van der Waals surface area contributed by atoms with Crippen molar-refractivity contribution in [1.82, 2.24) is 9.78 Å². The minimum Gasteiger partial charge on any atom is -0.407 e. The van der Waals surface area contributed by atoms with Crippen LogP contribution in [-0.4, -0.2) is 48.5 Å². The van der Waals surface area contributed by atoms with Crippen LogP contribution in [0, 0.1) is 6.92 Å². The lowest BCUT2D eigenvalue weighted by atomic mass is 9.93. The van der Waals surface area contributed by atoms with Crippen molar-refractivity contribution in [2.45, 2.75) is 45.1 Å². The molecule has 0 unspecified atom stereocenters. The van der Waals surface area contributed by atoms with Crippen molar-refractivity contribution < 1.29 is 27.6 Å². The molecule has 0 saturated heterocycles. The summed E-state index contributed by atoms with van der Waals surface area (Å²) < 4.78 is 31.8. The maximum atomic E-state index is 13.3. The van der Waals surface area contributed by atoms with Crippen LogP contribution in [0.2, 0.25) is 0 Å². The monoisotopic (exact) mass is 433 g/mol. The Bertz CT molecular complexity index is 1150. The number of oxime groups is 1. The topological polar surface area (TPSA) is 117 Å². The standard InChI is InChI=1S/C20H23N3O6S/c1-5-17(24)29-20-14(11-21-23(20)6-2)19(25)13-7-8-16-18(12(13)3)15(22-28-4)9-10-30(16,26)27/h7-8,11H,5-6,9-10H2,1-4H3. The summed E-state index contributed by atoms with van der Waals surface area (Å²) in [5, 5.41) is 8.10. The van der Waals surface area contributed by atoms with E-state index in [-0.39, 0.29) is 40.5 Å². The zero-order chi connectivity index (χ0) is 22.1. The summed E-state index contributed by atoms with van der Waals surface area (Å²) >= 11 is 0. The molecule has 1 aliphatic rings. The number of carbonyl (C=O) groups excluding carboxylic acids is 2. The van der Waals surface area contributed by atoms with Gasteiger partial charge in [-0.3, -0.25) is 9.59 Å². The van der Waals surface area contributed by atoms with Gasteiger partial charge in [0.25, 0.3) is 0 Å². The minimum atomic E-state index is -3.48. The molecule has 0 saturated carbocycles. The van der Waals surface area contributed by atoms with Gasteiger partial charge >= 0.3 is 5.97 Å². The lowest BCUT2D eigenvalue weighted by molar-refractivity contribution is -0.134.